The van der Waals surface area contributed by atoms with Crippen molar-refractivity contribution in [1.29, 1.82) is 0 Å². The lowest BCUT2D eigenvalue weighted by Crippen LogP contribution is -2.20. The molecular formula is C18H19ClN2O2. The number of hydrogen-bond acceptors (Lipinski definition) is 3. The number of benzene rings is 2. The highest BCUT2D eigenvalue weighted by Gasteiger charge is 2.13. The van der Waals surface area contributed by atoms with Crippen LogP contribution in [0.4, 0.5) is 0 Å². The van der Waals surface area contributed by atoms with Gasteiger partial charge in [-0.2, -0.15) is 0 Å². The van der Waals surface area contributed by atoms with Gasteiger partial charge in [0.1, 0.15) is 11.5 Å². The normalized spacial score (nSPS) is 13.7. The molecule has 1 aromatic heterocycles. The third kappa shape index (κ3) is 4.03. The minimum Gasteiger partial charge on any atom is -0.457 e. The predicted octanol–water partition coefficient (Wildman–Crippen LogP) is 4.64. The Balaban J connectivity index is 1.95. The molecule has 0 atom stereocenters. The van der Waals surface area contributed by atoms with Crippen molar-refractivity contribution < 1.29 is 12.6 Å². The average molecular weight is 333 g/mol. The van der Waals surface area contributed by atoms with Crippen molar-refractivity contribution in [2.75, 3.05) is 0 Å². The van der Waals surface area contributed by atoms with Gasteiger partial charge in [-0.15, -0.1) is 0 Å². The number of aromatic nitrogens is 2. The van der Waals surface area contributed by atoms with Crippen LogP contribution in [0.15, 0.2) is 48.8 Å². The molecule has 1 N–H and O–H groups in total. The van der Waals surface area contributed by atoms with Crippen molar-refractivity contribution in [3.63, 3.8) is 0 Å². The van der Waals surface area contributed by atoms with E-state index < -0.39 is 12.1 Å². The van der Waals surface area contributed by atoms with Crippen LogP contribution in [-0.2, 0) is 6.50 Å². The van der Waals surface area contributed by atoms with E-state index in [2.05, 4.69) is 4.98 Å². The van der Waals surface area contributed by atoms with Crippen LogP contribution in [0, 0.1) is 0 Å². The number of aryl methyl sites for hydroxylation is 1. The number of nitrogens with zero attached hydrogens (tertiary/aromatic N) is 2. The van der Waals surface area contributed by atoms with Crippen molar-refractivity contribution in [2.45, 2.75) is 32.4 Å². The number of fused-ring (bicyclic) bond motifs is 1. The summed E-state index contributed by atoms with van der Waals surface area (Å²) in [7, 11) is 0. The molecule has 23 heavy (non-hydrogen) atoms. The Hall–Kier alpha value is -2.04. The molecule has 4 nitrogen and oxygen atoms in total. The summed E-state index contributed by atoms with van der Waals surface area (Å²) in [5.74, 6) is 1.20. The molecule has 3 rings (SSSR count). The lowest BCUT2D eigenvalue weighted by Gasteiger charge is -2.17. The Morgan fingerprint density at radius 2 is 1.91 bits per heavy atom. The molecule has 3 aromatic rings. The van der Waals surface area contributed by atoms with E-state index in [9.17, 15) is 5.11 Å². The Morgan fingerprint density at radius 1 is 1.22 bits per heavy atom. The SMILES string of the molecule is [2H]C([2H])(CC(C)(C)O)n1cnc2ccc(Oc3ccc(Cl)cc3)cc21. The van der Waals surface area contributed by atoms with Crippen molar-refractivity contribution in [3.8, 4) is 11.5 Å². The van der Waals surface area contributed by atoms with Crippen molar-refractivity contribution >= 4 is 22.6 Å². The number of ether oxygens (including phenoxy) is 1. The lowest BCUT2D eigenvalue weighted by molar-refractivity contribution is 0.0665. The average Bonchev–Trinajstić information content (AvgIpc) is 2.91. The smallest absolute Gasteiger partial charge is 0.129 e. The summed E-state index contributed by atoms with van der Waals surface area (Å²) in [6.07, 6.45) is 1.39. The highest BCUT2D eigenvalue weighted by molar-refractivity contribution is 6.30. The van der Waals surface area contributed by atoms with Crippen molar-refractivity contribution in [1.82, 2.24) is 9.55 Å². The van der Waals surface area contributed by atoms with Gasteiger partial charge in [0.2, 0.25) is 0 Å². The zero-order valence-electron chi connectivity index (χ0n) is 15.0. The molecule has 2 aromatic carbocycles. The van der Waals surface area contributed by atoms with E-state index in [1.54, 1.807) is 56.3 Å². The number of rotatable bonds is 5. The van der Waals surface area contributed by atoms with E-state index >= 15 is 0 Å². The standard InChI is InChI=1S/C18H19ClN2O2/c1-18(2,22)9-10-21-12-20-16-8-7-15(11-17(16)21)23-14-5-3-13(19)4-6-14/h3-8,11-12,22H,9-10H2,1-2H3/i10D2. The minimum atomic E-state index is -1.79. The van der Waals surface area contributed by atoms with Crippen molar-refractivity contribution in [2.24, 2.45) is 0 Å². The molecule has 0 aliphatic heterocycles. The molecule has 0 amide bonds. The first kappa shape index (κ1) is 13.4. The molecule has 0 spiro atoms. The van der Waals surface area contributed by atoms with Crippen LogP contribution in [0.1, 0.15) is 23.0 Å². The van der Waals surface area contributed by atoms with E-state index in [0.29, 0.717) is 27.6 Å². The zero-order chi connectivity index (χ0) is 18.2. The van der Waals surface area contributed by atoms with Gasteiger partial charge in [-0.25, -0.2) is 4.98 Å². The molecule has 0 aliphatic rings. The van der Waals surface area contributed by atoms with Crippen LogP contribution in [-0.4, -0.2) is 20.3 Å². The summed E-state index contributed by atoms with van der Waals surface area (Å²) in [5, 5.41) is 10.6. The first-order chi connectivity index (χ1) is 11.6. The van der Waals surface area contributed by atoms with Gasteiger partial charge in [0.15, 0.2) is 0 Å². The second-order valence-electron chi connectivity index (χ2n) is 5.97. The maximum atomic E-state index is 9.99. The Bertz CT molecular complexity index is 886. The van der Waals surface area contributed by atoms with Crippen LogP contribution in [0.3, 0.4) is 0 Å². The molecule has 5 heteroatoms. The first-order valence-corrected chi connectivity index (χ1v) is 7.65. The van der Waals surface area contributed by atoms with E-state index in [-0.39, 0.29) is 6.42 Å². The van der Waals surface area contributed by atoms with Gasteiger partial charge in [-0.3, -0.25) is 0 Å². The minimum absolute atomic E-state index is 0.0618. The maximum absolute atomic E-state index is 9.99. The van der Waals surface area contributed by atoms with Gasteiger partial charge in [0, 0.05) is 20.3 Å². The Kier molecular flexibility index (Phi) is 3.63. The van der Waals surface area contributed by atoms with Gasteiger partial charge in [-0.05, 0) is 56.7 Å². The van der Waals surface area contributed by atoms with Gasteiger partial charge in [-0.1, -0.05) is 11.6 Å². The fourth-order valence-corrected chi connectivity index (χ4v) is 2.22. The topological polar surface area (TPSA) is 47.3 Å². The van der Waals surface area contributed by atoms with Crippen LogP contribution in [0.25, 0.3) is 11.0 Å². The predicted molar refractivity (Wildman–Crippen MR) is 92.2 cm³/mol. The molecule has 120 valence electrons. The van der Waals surface area contributed by atoms with E-state index in [0.717, 1.165) is 0 Å². The molecule has 0 aliphatic carbocycles. The highest BCUT2D eigenvalue weighted by atomic mass is 35.5. The third-order valence-electron chi connectivity index (χ3n) is 3.25. The Morgan fingerprint density at radius 3 is 2.61 bits per heavy atom. The van der Waals surface area contributed by atoms with Gasteiger partial charge >= 0.3 is 0 Å². The Labute approximate surface area is 143 Å². The molecule has 0 fully saturated rings. The zero-order valence-corrected chi connectivity index (χ0v) is 13.7. The summed E-state index contributed by atoms with van der Waals surface area (Å²) in [6.45, 7) is 1.38. The summed E-state index contributed by atoms with van der Waals surface area (Å²) in [6, 6.07) is 12.3. The molecule has 0 radical (unpaired) electrons. The van der Waals surface area contributed by atoms with Gasteiger partial charge < -0.3 is 14.4 Å². The summed E-state index contributed by atoms with van der Waals surface area (Å²) in [5.41, 5.74) is 0.112. The maximum Gasteiger partial charge on any atom is 0.129 e. The monoisotopic (exact) mass is 332 g/mol. The fraction of sp³-hybridized carbons (Fsp3) is 0.278. The molecule has 1 heterocycles. The lowest BCUT2D eigenvalue weighted by atomic mass is 10.1. The summed E-state index contributed by atoms with van der Waals surface area (Å²) < 4.78 is 23.9. The second kappa shape index (κ2) is 6.22. The molecule has 0 saturated carbocycles. The molecule has 0 bridgehead atoms. The van der Waals surface area contributed by atoms with Crippen molar-refractivity contribution in [3.05, 3.63) is 53.8 Å². The number of imidazole rings is 1. The third-order valence-corrected chi connectivity index (χ3v) is 3.50. The van der Waals surface area contributed by atoms with Gasteiger partial charge in [0.05, 0.1) is 23.0 Å². The fourth-order valence-electron chi connectivity index (χ4n) is 2.09. The number of halogens is 1. The van der Waals surface area contributed by atoms with Crippen LogP contribution in [0.5, 0.6) is 11.5 Å². The molecule has 0 saturated heterocycles. The quantitative estimate of drug-likeness (QED) is 0.740. The summed E-state index contributed by atoms with van der Waals surface area (Å²) >= 11 is 5.87. The summed E-state index contributed by atoms with van der Waals surface area (Å²) in [4.78, 5) is 4.24. The second-order valence-corrected chi connectivity index (χ2v) is 6.40. The molecule has 0 unspecified atom stereocenters. The van der Waals surface area contributed by atoms with E-state index in [1.807, 2.05) is 0 Å². The first-order valence-electron chi connectivity index (χ1n) is 8.27. The van der Waals surface area contributed by atoms with Crippen LogP contribution >= 0.6 is 11.6 Å². The number of aliphatic hydroxyl groups is 1. The van der Waals surface area contributed by atoms with Crippen LogP contribution in [0.2, 0.25) is 5.02 Å². The van der Waals surface area contributed by atoms with E-state index in [1.165, 1.54) is 10.9 Å². The van der Waals surface area contributed by atoms with Crippen LogP contribution < -0.4 is 4.74 Å². The van der Waals surface area contributed by atoms with E-state index in [4.69, 9.17) is 19.1 Å². The number of hydrogen-bond donors (Lipinski definition) is 1. The van der Waals surface area contributed by atoms with Gasteiger partial charge in [0.25, 0.3) is 0 Å². The largest absolute Gasteiger partial charge is 0.457 e. The molecular weight excluding hydrogens is 312 g/mol. The highest BCUT2D eigenvalue weighted by Crippen LogP contribution is 2.26.